The van der Waals surface area contributed by atoms with Crippen molar-refractivity contribution in [3.05, 3.63) is 45.9 Å². The molecule has 11 nitrogen and oxygen atoms in total. The zero-order chi connectivity index (χ0) is 22.1. The summed E-state index contributed by atoms with van der Waals surface area (Å²) in [6.45, 7) is 2.69. The van der Waals surface area contributed by atoms with E-state index >= 15 is 0 Å². The predicted molar refractivity (Wildman–Crippen MR) is 100 cm³/mol. The number of hydrogen-bond donors (Lipinski definition) is 3. The van der Waals surface area contributed by atoms with E-state index in [0.29, 0.717) is 0 Å². The van der Waals surface area contributed by atoms with Crippen molar-refractivity contribution in [1.29, 1.82) is 0 Å². The average molecular weight is 466 g/mol. The molecule has 2 rings (SSSR count). The topological polar surface area (TPSA) is 175 Å². The summed E-state index contributed by atoms with van der Waals surface area (Å²) >= 11 is 5.74. The number of nitrogens with two attached hydrogens (primary N) is 1. The monoisotopic (exact) mass is 465 g/mol. The molecule has 0 saturated heterocycles. The molecule has 29 heavy (non-hydrogen) atoms. The zero-order valence-corrected chi connectivity index (χ0v) is 17.7. The molecule has 0 saturated carbocycles. The van der Waals surface area contributed by atoms with Crippen LogP contribution in [0.3, 0.4) is 0 Å². The van der Waals surface area contributed by atoms with Gasteiger partial charge in [-0.15, -0.1) is 4.83 Å². The fraction of sp³-hybridized carbons (Fsp3) is 0.200. The third-order valence-corrected chi connectivity index (χ3v) is 6.45. The van der Waals surface area contributed by atoms with Crippen molar-refractivity contribution < 1.29 is 35.6 Å². The molecule has 1 aromatic carbocycles. The van der Waals surface area contributed by atoms with Crippen molar-refractivity contribution in [2.45, 2.75) is 23.6 Å². The molecule has 0 unspecified atom stereocenters. The molecule has 1 amide bonds. The molecule has 1 heterocycles. The highest BCUT2D eigenvalue weighted by Gasteiger charge is 2.32. The first-order valence-corrected chi connectivity index (χ1v) is 11.0. The number of nitrogens with one attached hydrogen (secondary N) is 2. The van der Waals surface area contributed by atoms with Gasteiger partial charge < -0.3 is 9.15 Å². The number of hydrazine groups is 1. The van der Waals surface area contributed by atoms with Crippen molar-refractivity contribution in [2.75, 3.05) is 7.11 Å². The number of hydrogen-bond acceptors (Lipinski definition) is 8. The summed E-state index contributed by atoms with van der Waals surface area (Å²) in [6, 6.07) is 3.16. The molecule has 0 aliphatic carbocycles. The normalized spacial score (nSPS) is 11.9. The largest absolute Gasteiger partial charge is 0.465 e. The van der Waals surface area contributed by atoms with E-state index in [4.69, 9.17) is 21.2 Å². The fourth-order valence-electron chi connectivity index (χ4n) is 2.42. The van der Waals surface area contributed by atoms with Crippen LogP contribution in [0.15, 0.2) is 32.4 Å². The van der Waals surface area contributed by atoms with Crippen LogP contribution in [0.1, 0.15) is 32.2 Å². The molecule has 14 heteroatoms. The number of rotatable bonds is 6. The Hall–Kier alpha value is -2.45. The second-order valence-electron chi connectivity index (χ2n) is 5.66. The summed E-state index contributed by atoms with van der Waals surface area (Å²) in [4.78, 5) is 24.9. The maximum atomic E-state index is 12.6. The summed E-state index contributed by atoms with van der Waals surface area (Å²) in [6.07, 6.45) is 0. The lowest BCUT2D eigenvalue weighted by atomic mass is 10.2. The van der Waals surface area contributed by atoms with E-state index in [1.807, 2.05) is 10.3 Å². The second kappa shape index (κ2) is 8.12. The number of primary sulfonamides is 1. The van der Waals surface area contributed by atoms with Gasteiger partial charge in [-0.1, -0.05) is 11.6 Å². The highest BCUT2D eigenvalue weighted by molar-refractivity contribution is 7.89. The van der Waals surface area contributed by atoms with Gasteiger partial charge in [-0.2, -0.15) is 0 Å². The van der Waals surface area contributed by atoms with Gasteiger partial charge in [-0.05, 0) is 32.0 Å². The van der Waals surface area contributed by atoms with Gasteiger partial charge in [0.15, 0.2) is 0 Å². The van der Waals surface area contributed by atoms with Crippen LogP contribution in [0.2, 0.25) is 5.02 Å². The molecule has 158 valence electrons. The third-order valence-electron chi connectivity index (χ3n) is 3.66. The van der Waals surface area contributed by atoms with Gasteiger partial charge in [0.1, 0.15) is 26.9 Å². The standard InChI is InChI=1S/C15H16ClN3O8S2/c1-7-12(15(21)26-3)13(8(2)27-7)29(24,25)19-18-14(20)9-4-5-10(16)11(6-9)28(17,22)23/h4-6,19H,1-3H3,(H,18,20)(H2,17,22,23). The van der Waals surface area contributed by atoms with Crippen molar-refractivity contribution in [3.8, 4) is 0 Å². The van der Waals surface area contributed by atoms with Crippen LogP contribution >= 0.6 is 11.6 Å². The first-order valence-electron chi connectivity index (χ1n) is 7.62. The lowest BCUT2D eigenvalue weighted by Crippen LogP contribution is -2.42. The van der Waals surface area contributed by atoms with Gasteiger partial charge in [0.05, 0.1) is 12.1 Å². The molecule has 0 aliphatic heterocycles. The van der Waals surface area contributed by atoms with Gasteiger partial charge in [0.25, 0.3) is 15.9 Å². The van der Waals surface area contributed by atoms with Crippen LogP contribution in [0.4, 0.5) is 0 Å². The van der Waals surface area contributed by atoms with Crippen LogP contribution in [0, 0.1) is 13.8 Å². The number of carbonyl (C=O) groups excluding carboxylic acids is 2. The summed E-state index contributed by atoms with van der Waals surface area (Å²) in [5.41, 5.74) is 1.34. The zero-order valence-electron chi connectivity index (χ0n) is 15.3. The Morgan fingerprint density at radius 3 is 2.31 bits per heavy atom. The van der Waals surface area contributed by atoms with E-state index in [9.17, 15) is 26.4 Å². The number of halogens is 1. The number of aryl methyl sites for hydroxylation is 2. The minimum atomic E-state index is -4.45. The highest BCUT2D eigenvalue weighted by Crippen LogP contribution is 2.27. The van der Waals surface area contributed by atoms with E-state index in [0.717, 1.165) is 25.3 Å². The van der Waals surface area contributed by atoms with E-state index < -0.39 is 41.7 Å². The van der Waals surface area contributed by atoms with Gasteiger partial charge in [0.2, 0.25) is 10.0 Å². The molecule has 0 spiro atoms. The maximum absolute atomic E-state index is 12.6. The van der Waals surface area contributed by atoms with Crippen LogP contribution in [0.25, 0.3) is 0 Å². The number of carbonyl (C=O) groups is 2. The first kappa shape index (κ1) is 22.8. The lowest BCUT2D eigenvalue weighted by molar-refractivity contribution is 0.0594. The summed E-state index contributed by atoms with van der Waals surface area (Å²) < 4.78 is 57.9. The quantitative estimate of drug-likeness (QED) is 0.410. The number of sulfonamides is 2. The predicted octanol–water partition coefficient (Wildman–Crippen LogP) is 0.607. The molecule has 0 radical (unpaired) electrons. The maximum Gasteiger partial charge on any atom is 0.342 e. The van der Waals surface area contributed by atoms with E-state index in [1.165, 1.54) is 13.8 Å². The molecule has 0 fully saturated rings. The van der Waals surface area contributed by atoms with Gasteiger partial charge >= 0.3 is 5.97 Å². The average Bonchev–Trinajstić information content (AvgIpc) is 2.93. The summed E-state index contributed by atoms with van der Waals surface area (Å²) in [7, 11) is -7.59. The number of amides is 1. The molecular weight excluding hydrogens is 450 g/mol. The van der Waals surface area contributed by atoms with Crippen LogP contribution in [0.5, 0.6) is 0 Å². The van der Waals surface area contributed by atoms with Gasteiger partial charge in [0, 0.05) is 5.56 Å². The van der Waals surface area contributed by atoms with Gasteiger partial charge in [-0.3, -0.25) is 10.2 Å². The summed E-state index contributed by atoms with van der Waals surface area (Å²) in [5.74, 6) is -2.04. The van der Waals surface area contributed by atoms with Gasteiger partial charge in [-0.25, -0.2) is 26.8 Å². The Morgan fingerprint density at radius 1 is 1.14 bits per heavy atom. The molecular formula is C15H16ClN3O8S2. The SMILES string of the molecule is COC(=O)c1c(C)oc(C)c1S(=O)(=O)NNC(=O)c1ccc(Cl)c(S(N)(=O)=O)c1. The first-order chi connectivity index (χ1) is 13.3. The van der Waals surface area contributed by atoms with Crippen molar-refractivity contribution in [2.24, 2.45) is 5.14 Å². The van der Waals surface area contributed by atoms with Crippen LogP contribution in [-0.2, 0) is 24.8 Å². The molecule has 0 bridgehead atoms. The van der Waals surface area contributed by atoms with Crippen LogP contribution < -0.4 is 15.4 Å². The highest BCUT2D eigenvalue weighted by atomic mass is 35.5. The minimum Gasteiger partial charge on any atom is -0.465 e. The Bertz CT molecular complexity index is 1200. The Balaban J connectivity index is 2.33. The minimum absolute atomic E-state index is 0.0107. The van der Waals surface area contributed by atoms with E-state index in [-0.39, 0.29) is 27.7 Å². The molecule has 1 aromatic heterocycles. The van der Waals surface area contributed by atoms with E-state index in [1.54, 1.807) is 0 Å². The second-order valence-corrected chi connectivity index (χ2v) is 9.22. The number of esters is 1. The number of furan rings is 1. The van der Waals surface area contributed by atoms with Crippen molar-refractivity contribution in [1.82, 2.24) is 10.3 Å². The Kier molecular flexibility index (Phi) is 6.39. The lowest BCUT2D eigenvalue weighted by Gasteiger charge is -2.10. The summed E-state index contributed by atoms with van der Waals surface area (Å²) in [5, 5.41) is 4.80. The molecule has 0 aliphatic rings. The third kappa shape index (κ3) is 4.76. The Morgan fingerprint density at radius 2 is 1.76 bits per heavy atom. The van der Waals surface area contributed by atoms with E-state index in [2.05, 4.69) is 4.74 Å². The van der Waals surface area contributed by atoms with Crippen LogP contribution in [-0.4, -0.2) is 35.8 Å². The Labute approximate surface area is 171 Å². The fourth-order valence-corrected chi connectivity index (χ4v) is 4.74. The number of benzene rings is 1. The number of ether oxygens (including phenoxy) is 1. The molecule has 4 N–H and O–H groups in total. The molecule has 2 aromatic rings. The smallest absolute Gasteiger partial charge is 0.342 e. The van der Waals surface area contributed by atoms with Crippen molar-refractivity contribution in [3.63, 3.8) is 0 Å². The number of methoxy groups -OCH3 is 1. The molecule has 0 atom stereocenters. The van der Waals surface area contributed by atoms with Crippen molar-refractivity contribution >= 4 is 43.5 Å².